The van der Waals surface area contributed by atoms with Crippen molar-refractivity contribution in [1.29, 1.82) is 0 Å². The van der Waals surface area contributed by atoms with E-state index in [9.17, 15) is 17.6 Å². The van der Waals surface area contributed by atoms with Gasteiger partial charge in [0.1, 0.15) is 10.7 Å². The first-order chi connectivity index (χ1) is 16.9. The molecule has 1 saturated heterocycles. The van der Waals surface area contributed by atoms with Crippen LogP contribution in [0.25, 0.3) is 22.9 Å². The summed E-state index contributed by atoms with van der Waals surface area (Å²) in [5, 5.41) is 8.17. The molecule has 5 rings (SSSR count). The lowest BCUT2D eigenvalue weighted by Gasteiger charge is -2.34. The van der Waals surface area contributed by atoms with Crippen molar-refractivity contribution < 1.29 is 22.0 Å². The summed E-state index contributed by atoms with van der Waals surface area (Å²) < 4.78 is 46.5. The smallest absolute Gasteiger partial charge is 0.253 e. The fourth-order valence-electron chi connectivity index (χ4n) is 3.90. The minimum Gasteiger partial charge on any atom is -0.416 e. The third-order valence-electron chi connectivity index (χ3n) is 5.80. The van der Waals surface area contributed by atoms with Crippen LogP contribution in [-0.2, 0) is 10.0 Å². The molecule has 0 N–H and O–H groups in total. The van der Waals surface area contributed by atoms with Crippen molar-refractivity contribution in [2.45, 2.75) is 4.90 Å². The highest BCUT2D eigenvalue weighted by Gasteiger charge is 2.32. The molecule has 8 nitrogen and oxygen atoms in total. The number of rotatable bonds is 5. The Morgan fingerprint density at radius 3 is 1.97 bits per heavy atom. The lowest BCUT2D eigenvalue weighted by atomic mass is 10.1. The molecule has 1 aliphatic heterocycles. The molecule has 3 aromatic carbocycles. The highest BCUT2D eigenvalue weighted by molar-refractivity contribution is 7.89. The topological polar surface area (TPSA) is 96.6 Å². The molecule has 1 aromatic heterocycles. The first kappa shape index (κ1) is 22.9. The number of sulfonamides is 1. The van der Waals surface area contributed by atoms with E-state index in [1.165, 1.54) is 22.5 Å². The number of benzene rings is 3. The molecule has 1 amide bonds. The molecule has 178 valence electrons. The highest BCUT2D eigenvalue weighted by atomic mass is 32.2. The van der Waals surface area contributed by atoms with Crippen LogP contribution in [0.4, 0.5) is 4.39 Å². The molecule has 0 aliphatic carbocycles. The van der Waals surface area contributed by atoms with Crippen molar-refractivity contribution in [2.75, 3.05) is 26.2 Å². The molecular formula is C25H21FN4O4S. The maximum absolute atomic E-state index is 14.0. The number of aromatic nitrogens is 2. The maximum atomic E-state index is 14.0. The van der Waals surface area contributed by atoms with Gasteiger partial charge in [0.05, 0.1) is 0 Å². The number of hydrogen-bond acceptors (Lipinski definition) is 6. The summed E-state index contributed by atoms with van der Waals surface area (Å²) in [5.74, 6) is -0.253. The summed E-state index contributed by atoms with van der Waals surface area (Å²) in [6, 6.07) is 21.5. The maximum Gasteiger partial charge on any atom is 0.253 e. The minimum atomic E-state index is -3.96. The summed E-state index contributed by atoms with van der Waals surface area (Å²) in [6.45, 7) is 0.589. The number of carbonyl (C=O) groups excluding carboxylic acids is 1. The molecule has 35 heavy (non-hydrogen) atoms. The van der Waals surface area contributed by atoms with Crippen molar-refractivity contribution >= 4 is 15.9 Å². The number of nitrogens with zero attached hydrogens (tertiary/aromatic N) is 4. The molecule has 2 heterocycles. The van der Waals surface area contributed by atoms with E-state index in [-0.39, 0.29) is 37.0 Å². The van der Waals surface area contributed by atoms with Gasteiger partial charge in [-0.05, 0) is 48.5 Å². The molecular weight excluding hydrogens is 471 g/mol. The van der Waals surface area contributed by atoms with Crippen molar-refractivity contribution in [2.24, 2.45) is 0 Å². The molecule has 4 aromatic rings. The first-order valence-corrected chi connectivity index (χ1v) is 12.4. The Hall–Kier alpha value is -3.89. The molecule has 1 fully saturated rings. The van der Waals surface area contributed by atoms with Crippen LogP contribution in [0.3, 0.4) is 0 Å². The molecule has 0 radical (unpaired) electrons. The molecule has 10 heteroatoms. The predicted octanol–water partition coefficient (Wildman–Crippen LogP) is 3.69. The van der Waals surface area contributed by atoms with Crippen LogP contribution < -0.4 is 0 Å². The summed E-state index contributed by atoms with van der Waals surface area (Å²) in [5.41, 5.74) is 1.95. The van der Waals surface area contributed by atoms with Gasteiger partial charge in [0, 0.05) is 42.9 Å². The van der Waals surface area contributed by atoms with Gasteiger partial charge in [-0.3, -0.25) is 4.79 Å². The minimum absolute atomic E-state index is 0.0880. The molecule has 0 bridgehead atoms. The van der Waals surface area contributed by atoms with Gasteiger partial charge in [0.15, 0.2) is 0 Å². The Morgan fingerprint density at radius 2 is 1.34 bits per heavy atom. The van der Waals surface area contributed by atoms with E-state index in [0.717, 1.165) is 11.6 Å². The van der Waals surface area contributed by atoms with E-state index >= 15 is 0 Å². The second-order valence-corrected chi connectivity index (χ2v) is 9.89. The monoisotopic (exact) mass is 492 g/mol. The van der Waals surface area contributed by atoms with Crippen molar-refractivity contribution in [3.8, 4) is 22.9 Å². The quantitative estimate of drug-likeness (QED) is 0.422. The fourth-order valence-corrected chi connectivity index (χ4v) is 5.39. The van der Waals surface area contributed by atoms with E-state index in [1.54, 1.807) is 29.2 Å². The molecule has 1 aliphatic rings. The zero-order chi connectivity index (χ0) is 24.4. The lowest BCUT2D eigenvalue weighted by Crippen LogP contribution is -2.50. The Labute approximate surface area is 201 Å². The van der Waals surface area contributed by atoms with Crippen LogP contribution in [-0.4, -0.2) is 59.9 Å². The van der Waals surface area contributed by atoms with E-state index in [4.69, 9.17) is 4.42 Å². The average molecular weight is 493 g/mol. The number of piperazine rings is 1. The molecule has 0 saturated carbocycles. The molecule has 0 atom stereocenters. The van der Waals surface area contributed by atoms with Crippen molar-refractivity contribution in [3.63, 3.8) is 0 Å². The third kappa shape index (κ3) is 4.58. The second kappa shape index (κ2) is 9.40. The van der Waals surface area contributed by atoms with Gasteiger partial charge in [-0.2, -0.15) is 4.31 Å². The second-order valence-electron chi connectivity index (χ2n) is 7.98. The van der Waals surface area contributed by atoms with Gasteiger partial charge in [0.25, 0.3) is 5.91 Å². The summed E-state index contributed by atoms with van der Waals surface area (Å²) in [7, 11) is -3.96. The van der Waals surface area contributed by atoms with Gasteiger partial charge in [-0.15, -0.1) is 10.2 Å². The molecule has 0 spiro atoms. The van der Waals surface area contributed by atoms with Gasteiger partial charge in [0.2, 0.25) is 21.8 Å². The van der Waals surface area contributed by atoms with Crippen molar-refractivity contribution in [1.82, 2.24) is 19.4 Å². The number of carbonyl (C=O) groups is 1. The third-order valence-corrected chi connectivity index (χ3v) is 7.74. The van der Waals surface area contributed by atoms with Crippen LogP contribution in [0.5, 0.6) is 0 Å². The van der Waals surface area contributed by atoms with Crippen LogP contribution in [0.1, 0.15) is 10.4 Å². The van der Waals surface area contributed by atoms with E-state index in [0.29, 0.717) is 22.9 Å². The van der Waals surface area contributed by atoms with E-state index in [1.807, 2.05) is 30.3 Å². The zero-order valence-corrected chi connectivity index (χ0v) is 19.4. The Morgan fingerprint density at radius 1 is 0.771 bits per heavy atom. The Balaban J connectivity index is 1.24. The van der Waals surface area contributed by atoms with Crippen LogP contribution in [0.15, 0.2) is 88.2 Å². The van der Waals surface area contributed by atoms with E-state index < -0.39 is 15.8 Å². The predicted molar refractivity (Wildman–Crippen MR) is 126 cm³/mol. The summed E-state index contributed by atoms with van der Waals surface area (Å²) >= 11 is 0. The van der Waals surface area contributed by atoms with Gasteiger partial charge in [-0.25, -0.2) is 12.8 Å². The normalized spacial score (nSPS) is 14.7. The van der Waals surface area contributed by atoms with Crippen molar-refractivity contribution in [3.05, 3.63) is 90.2 Å². The summed E-state index contributed by atoms with van der Waals surface area (Å²) in [6.07, 6.45) is 0. The highest BCUT2D eigenvalue weighted by Crippen LogP contribution is 2.25. The first-order valence-electron chi connectivity index (χ1n) is 11.0. The summed E-state index contributed by atoms with van der Waals surface area (Å²) in [4.78, 5) is 14.2. The zero-order valence-electron chi connectivity index (χ0n) is 18.5. The number of hydrogen-bond donors (Lipinski definition) is 0. The van der Waals surface area contributed by atoms with Crippen LogP contribution in [0.2, 0.25) is 0 Å². The fraction of sp³-hybridized carbons (Fsp3) is 0.160. The SMILES string of the molecule is O=C(c1ccc(-c2nnc(-c3ccccc3)o2)cc1)N1CCN(S(=O)(=O)c2ccccc2F)CC1. The molecule has 0 unspecified atom stereocenters. The Bertz CT molecular complexity index is 1450. The van der Waals surface area contributed by atoms with Gasteiger partial charge in [-0.1, -0.05) is 30.3 Å². The van der Waals surface area contributed by atoms with Gasteiger partial charge >= 0.3 is 0 Å². The average Bonchev–Trinajstić information content (AvgIpc) is 3.40. The van der Waals surface area contributed by atoms with E-state index in [2.05, 4.69) is 10.2 Å². The van der Waals surface area contributed by atoms with Gasteiger partial charge < -0.3 is 9.32 Å². The number of amides is 1. The largest absolute Gasteiger partial charge is 0.416 e. The lowest BCUT2D eigenvalue weighted by molar-refractivity contribution is 0.0697. The Kier molecular flexibility index (Phi) is 6.14. The van der Waals surface area contributed by atoms with Crippen LogP contribution in [0, 0.1) is 5.82 Å². The standard InChI is InChI=1S/C25H21FN4O4S/c26-21-8-4-5-9-22(21)35(32,33)30-16-14-29(15-17-30)25(31)20-12-10-19(11-13-20)24-28-27-23(34-24)18-6-2-1-3-7-18/h1-13H,14-17H2. The number of halogens is 1. The van der Waals surface area contributed by atoms with Crippen LogP contribution >= 0.6 is 0 Å².